The van der Waals surface area contributed by atoms with Gasteiger partial charge in [0.15, 0.2) is 0 Å². The second-order valence-electron chi connectivity index (χ2n) is 6.56. The van der Waals surface area contributed by atoms with Crippen LogP contribution in [0.4, 0.5) is 0 Å². The molecule has 1 aliphatic carbocycles. The second-order valence-corrected chi connectivity index (χ2v) is 6.56. The predicted octanol–water partition coefficient (Wildman–Crippen LogP) is 3.68. The number of rotatable bonds is 2. The highest BCUT2D eigenvalue weighted by Crippen LogP contribution is 2.37. The fraction of sp³-hybridized carbons (Fsp3) is 0.647. The van der Waals surface area contributed by atoms with Crippen molar-refractivity contribution >= 4 is 0 Å². The van der Waals surface area contributed by atoms with Crippen molar-refractivity contribution in [3.8, 4) is 5.75 Å². The monoisotopic (exact) mass is 259 g/mol. The van der Waals surface area contributed by atoms with Gasteiger partial charge in [0.05, 0.1) is 0 Å². The first kappa shape index (κ1) is 13.0. The fourth-order valence-electron chi connectivity index (χ4n) is 3.33. The number of benzene rings is 1. The summed E-state index contributed by atoms with van der Waals surface area (Å²) in [5.74, 6) is 2.00. The molecule has 0 spiro atoms. The lowest BCUT2D eigenvalue weighted by atomic mass is 9.80. The van der Waals surface area contributed by atoms with E-state index in [1.807, 2.05) is 0 Å². The summed E-state index contributed by atoms with van der Waals surface area (Å²) >= 11 is 0. The summed E-state index contributed by atoms with van der Waals surface area (Å²) in [4.78, 5) is 0. The first-order chi connectivity index (χ1) is 9.16. The molecule has 2 nitrogen and oxygen atoms in total. The Morgan fingerprint density at radius 2 is 2.05 bits per heavy atom. The largest absolute Gasteiger partial charge is 0.487 e. The van der Waals surface area contributed by atoms with E-state index < -0.39 is 0 Å². The molecule has 2 aliphatic rings. The van der Waals surface area contributed by atoms with Gasteiger partial charge < -0.3 is 10.1 Å². The van der Waals surface area contributed by atoms with Crippen molar-refractivity contribution in [2.24, 2.45) is 5.92 Å². The molecule has 1 heterocycles. The van der Waals surface area contributed by atoms with Crippen LogP contribution in [0.3, 0.4) is 0 Å². The minimum absolute atomic E-state index is 0.0481. The summed E-state index contributed by atoms with van der Waals surface area (Å²) in [5, 5.41) is 3.43. The van der Waals surface area contributed by atoms with E-state index in [2.05, 4.69) is 37.4 Å². The third-order valence-corrected chi connectivity index (χ3v) is 4.79. The summed E-state index contributed by atoms with van der Waals surface area (Å²) in [6.45, 7) is 6.70. The van der Waals surface area contributed by atoms with E-state index in [1.165, 1.54) is 36.8 Å². The van der Waals surface area contributed by atoms with E-state index in [-0.39, 0.29) is 5.60 Å². The Morgan fingerprint density at radius 1 is 1.26 bits per heavy atom. The van der Waals surface area contributed by atoms with Gasteiger partial charge in [-0.2, -0.15) is 0 Å². The van der Waals surface area contributed by atoms with E-state index in [9.17, 15) is 0 Å². The molecule has 1 fully saturated rings. The zero-order valence-electron chi connectivity index (χ0n) is 12.2. The van der Waals surface area contributed by atoms with Crippen molar-refractivity contribution in [1.29, 1.82) is 0 Å². The smallest absolute Gasteiger partial charge is 0.123 e. The molecule has 1 aromatic carbocycles. The maximum absolute atomic E-state index is 6.46. The topological polar surface area (TPSA) is 21.3 Å². The number of nitrogens with one attached hydrogen (secondary N) is 1. The average Bonchev–Trinajstić information content (AvgIpc) is 2.43. The Hall–Kier alpha value is -1.02. The maximum atomic E-state index is 6.46. The van der Waals surface area contributed by atoms with Gasteiger partial charge in [0.25, 0.3) is 0 Å². The number of hydrogen-bond donors (Lipinski definition) is 1. The Bertz CT molecular complexity index is 447. The molecule has 0 atom stereocenters. The molecule has 0 aromatic heterocycles. The van der Waals surface area contributed by atoms with Gasteiger partial charge in [0.1, 0.15) is 11.4 Å². The van der Waals surface area contributed by atoms with Gasteiger partial charge in [-0.05, 0) is 68.7 Å². The molecule has 0 unspecified atom stereocenters. The lowest BCUT2D eigenvalue weighted by Crippen LogP contribution is -2.37. The van der Waals surface area contributed by atoms with Crippen LogP contribution in [0.25, 0.3) is 0 Å². The van der Waals surface area contributed by atoms with Crippen LogP contribution in [-0.4, -0.2) is 12.1 Å². The summed E-state index contributed by atoms with van der Waals surface area (Å²) in [6.07, 6.45) is 6.07. The van der Waals surface area contributed by atoms with Crippen molar-refractivity contribution in [2.45, 2.75) is 58.1 Å². The maximum Gasteiger partial charge on any atom is 0.123 e. The number of fused-ring (bicyclic) bond motifs is 1. The summed E-state index contributed by atoms with van der Waals surface area (Å²) in [7, 11) is 0. The molecule has 104 valence electrons. The fourth-order valence-corrected chi connectivity index (χ4v) is 3.33. The van der Waals surface area contributed by atoms with Gasteiger partial charge in [0.2, 0.25) is 0 Å². The third-order valence-electron chi connectivity index (χ3n) is 4.79. The van der Waals surface area contributed by atoms with Crippen LogP contribution in [0.1, 0.15) is 50.7 Å². The molecule has 3 rings (SSSR count). The van der Waals surface area contributed by atoms with Crippen LogP contribution in [0, 0.1) is 5.92 Å². The highest BCUT2D eigenvalue weighted by atomic mass is 16.5. The molecule has 1 aromatic rings. The third kappa shape index (κ3) is 2.79. The van der Waals surface area contributed by atoms with Crippen molar-refractivity contribution in [1.82, 2.24) is 5.32 Å². The second kappa shape index (κ2) is 5.16. The van der Waals surface area contributed by atoms with E-state index >= 15 is 0 Å². The highest BCUT2D eigenvalue weighted by molar-refractivity contribution is 5.42. The Balaban J connectivity index is 1.79. The van der Waals surface area contributed by atoms with Gasteiger partial charge in [-0.3, -0.25) is 0 Å². The molecular formula is C17H25NO. The summed E-state index contributed by atoms with van der Waals surface area (Å²) in [5.41, 5.74) is 2.89. The molecule has 0 saturated heterocycles. The molecule has 1 N–H and O–H groups in total. The van der Waals surface area contributed by atoms with Crippen LogP contribution in [0.5, 0.6) is 5.75 Å². The van der Waals surface area contributed by atoms with E-state index in [1.54, 1.807) is 0 Å². The standard InChI is InChI=1S/C17H25NO/c1-13-6-9-17(2,10-7-13)19-16-5-3-4-14-12-18-11-8-15(14)16/h3-5,13,18H,6-12H2,1-2H3. The first-order valence-corrected chi connectivity index (χ1v) is 7.67. The molecular weight excluding hydrogens is 234 g/mol. The summed E-state index contributed by atoms with van der Waals surface area (Å²) < 4.78 is 6.46. The van der Waals surface area contributed by atoms with E-state index in [0.717, 1.165) is 31.2 Å². The van der Waals surface area contributed by atoms with Crippen LogP contribution in [0.2, 0.25) is 0 Å². The lowest BCUT2D eigenvalue weighted by Gasteiger charge is -2.37. The van der Waals surface area contributed by atoms with Crippen LogP contribution in [0.15, 0.2) is 18.2 Å². The average molecular weight is 259 g/mol. The van der Waals surface area contributed by atoms with E-state index in [0.29, 0.717) is 0 Å². The molecule has 19 heavy (non-hydrogen) atoms. The van der Waals surface area contributed by atoms with Crippen molar-refractivity contribution < 1.29 is 4.74 Å². The van der Waals surface area contributed by atoms with Crippen LogP contribution in [-0.2, 0) is 13.0 Å². The normalized spacial score (nSPS) is 30.7. The van der Waals surface area contributed by atoms with Crippen LogP contribution < -0.4 is 10.1 Å². The minimum atomic E-state index is 0.0481. The van der Waals surface area contributed by atoms with E-state index in [4.69, 9.17) is 4.74 Å². The lowest BCUT2D eigenvalue weighted by molar-refractivity contribution is 0.0343. The van der Waals surface area contributed by atoms with Gasteiger partial charge in [-0.25, -0.2) is 0 Å². The van der Waals surface area contributed by atoms with Gasteiger partial charge in [-0.15, -0.1) is 0 Å². The minimum Gasteiger partial charge on any atom is -0.487 e. The Labute approximate surface area is 116 Å². The number of hydrogen-bond acceptors (Lipinski definition) is 2. The zero-order chi connectivity index (χ0) is 13.3. The highest BCUT2D eigenvalue weighted by Gasteiger charge is 2.32. The molecule has 0 amide bonds. The van der Waals surface area contributed by atoms with Crippen molar-refractivity contribution in [3.05, 3.63) is 29.3 Å². The molecule has 1 saturated carbocycles. The molecule has 0 bridgehead atoms. The predicted molar refractivity (Wildman–Crippen MR) is 78.5 cm³/mol. The zero-order valence-corrected chi connectivity index (χ0v) is 12.2. The summed E-state index contributed by atoms with van der Waals surface area (Å²) in [6, 6.07) is 6.52. The van der Waals surface area contributed by atoms with Gasteiger partial charge >= 0.3 is 0 Å². The molecule has 0 radical (unpaired) electrons. The Morgan fingerprint density at radius 3 is 2.84 bits per heavy atom. The first-order valence-electron chi connectivity index (χ1n) is 7.67. The SMILES string of the molecule is CC1CCC(C)(Oc2cccc3c2CCNC3)CC1. The molecule has 2 heteroatoms. The van der Waals surface area contributed by atoms with Gasteiger partial charge in [0, 0.05) is 6.54 Å². The number of ether oxygens (including phenoxy) is 1. The quantitative estimate of drug-likeness (QED) is 0.875. The van der Waals surface area contributed by atoms with Crippen LogP contribution >= 0.6 is 0 Å². The van der Waals surface area contributed by atoms with Crippen molar-refractivity contribution in [2.75, 3.05) is 6.54 Å². The van der Waals surface area contributed by atoms with Crippen molar-refractivity contribution in [3.63, 3.8) is 0 Å². The van der Waals surface area contributed by atoms with Gasteiger partial charge in [-0.1, -0.05) is 19.1 Å². The molecule has 1 aliphatic heterocycles. The Kier molecular flexibility index (Phi) is 3.53.